The van der Waals surface area contributed by atoms with E-state index in [1.807, 2.05) is 0 Å². The van der Waals surface area contributed by atoms with E-state index >= 15 is 0 Å². The Balaban J connectivity index is 2.76. The molecular formula is C11H11F3N2O. The van der Waals surface area contributed by atoms with Crippen LogP contribution >= 0.6 is 0 Å². The van der Waals surface area contributed by atoms with E-state index in [-0.39, 0.29) is 11.6 Å². The Morgan fingerprint density at radius 1 is 1.29 bits per heavy atom. The van der Waals surface area contributed by atoms with Crippen LogP contribution in [-0.4, -0.2) is 9.55 Å². The molecule has 3 nitrogen and oxygen atoms in total. The SMILES string of the molecule is CC(C)n1c(=O)[nH]c2ccc(C(F)(F)F)cc21. The van der Waals surface area contributed by atoms with E-state index in [1.54, 1.807) is 13.8 Å². The first-order valence-electron chi connectivity index (χ1n) is 5.12. The Labute approximate surface area is 94.9 Å². The molecule has 1 aromatic heterocycles. The summed E-state index contributed by atoms with van der Waals surface area (Å²) in [4.78, 5) is 14.1. The minimum atomic E-state index is -4.40. The van der Waals surface area contributed by atoms with Gasteiger partial charge < -0.3 is 4.98 Å². The number of halogens is 3. The summed E-state index contributed by atoms with van der Waals surface area (Å²) in [6.07, 6.45) is -4.40. The predicted molar refractivity (Wildman–Crippen MR) is 57.9 cm³/mol. The van der Waals surface area contributed by atoms with Gasteiger partial charge in [-0.1, -0.05) is 0 Å². The van der Waals surface area contributed by atoms with E-state index in [2.05, 4.69) is 4.98 Å². The van der Waals surface area contributed by atoms with Gasteiger partial charge in [-0.3, -0.25) is 4.57 Å². The minimum absolute atomic E-state index is 0.195. The number of imidazole rings is 1. The van der Waals surface area contributed by atoms with Gasteiger partial charge in [-0.25, -0.2) is 4.79 Å². The van der Waals surface area contributed by atoms with Crippen LogP contribution in [0.4, 0.5) is 13.2 Å². The van der Waals surface area contributed by atoms with E-state index < -0.39 is 17.4 Å². The number of benzene rings is 1. The predicted octanol–water partition coefficient (Wildman–Crippen LogP) is 2.93. The Morgan fingerprint density at radius 3 is 2.47 bits per heavy atom. The maximum Gasteiger partial charge on any atom is 0.416 e. The number of alkyl halides is 3. The summed E-state index contributed by atoms with van der Waals surface area (Å²) < 4.78 is 39.0. The lowest BCUT2D eigenvalue weighted by Crippen LogP contribution is -2.18. The molecule has 0 bridgehead atoms. The average molecular weight is 244 g/mol. The Kier molecular flexibility index (Phi) is 2.52. The van der Waals surface area contributed by atoms with Gasteiger partial charge in [-0.15, -0.1) is 0 Å². The zero-order chi connectivity index (χ0) is 12.8. The highest BCUT2D eigenvalue weighted by Gasteiger charge is 2.31. The normalized spacial score (nSPS) is 12.6. The van der Waals surface area contributed by atoms with Crippen LogP contribution in [0.5, 0.6) is 0 Å². The number of fused-ring (bicyclic) bond motifs is 1. The molecule has 0 amide bonds. The van der Waals surface area contributed by atoms with Gasteiger partial charge in [0.05, 0.1) is 16.6 Å². The molecule has 0 aliphatic heterocycles. The number of aromatic nitrogens is 2. The van der Waals surface area contributed by atoms with Gasteiger partial charge >= 0.3 is 11.9 Å². The fourth-order valence-corrected chi connectivity index (χ4v) is 1.81. The first-order chi connectivity index (χ1) is 7.80. The molecule has 0 atom stereocenters. The average Bonchev–Trinajstić information content (AvgIpc) is 2.50. The Bertz CT molecular complexity index is 607. The fourth-order valence-electron chi connectivity index (χ4n) is 1.81. The van der Waals surface area contributed by atoms with Crippen LogP contribution in [-0.2, 0) is 6.18 Å². The molecule has 0 saturated carbocycles. The van der Waals surface area contributed by atoms with E-state index in [0.29, 0.717) is 5.52 Å². The lowest BCUT2D eigenvalue weighted by molar-refractivity contribution is -0.137. The number of hydrogen-bond acceptors (Lipinski definition) is 1. The summed E-state index contributed by atoms with van der Waals surface area (Å²) in [5.74, 6) is 0. The van der Waals surface area contributed by atoms with Crippen LogP contribution in [0.25, 0.3) is 11.0 Å². The van der Waals surface area contributed by atoms with Crippen molar-refractivity contribution >= 4 is 11.0 Å². The molecule has 0 aliphatic carbocycles. The number of nitrogens with zero attached hydrogens (tertiary/aromatic N) is 1. The van der Waals surface area contributed by atoms with Crippen LogP contribution in [0.1, 0.15) is 25.5 Å². The van der Waals surface area contributed by atoms with Crippen molar-refractivity contribution in [1.82, 2.24) is 9.55 Å². The first kappa shape index (κ1) is 11.8. The van der Waals surface area contributed by atoms with E-state index in [4.69, 9.17) is 0 Å². The summed E-state index contributed by atoms with van der Waals surface area (Å²) in [6, 6.07) is 3.04. The van der Waals surface area contributed by atoms with Crippen molar-refractivity contribution in [2.24, 2.45) is 0 Å². The molecule has 0 spiro atoms. The standard InChI is InChI=1S/C11H11F3N2O/c1-6(2)16-9-5-7(11(12,13)14)3-4-8(9)15-10(16)17/h3-6H,1-2H3,(H,15,17). The van der Waals surface area contributed by atoms with Crippen molar-refractivity contribution in [3.8, 4) is 0 Å². The molecule has 0 fully saturated rings. The van der Waals surface area contributed by atoms with Gasteiger partial charge in [0.1, 0.15) is 0 Å². The second-order valence-electron chi connectivity index (χ2n) is 4.12. The van der Waals surface area contributed by atoms with Crippen LogP contribution in [0.2, 0.25) is 0 Å². The first-order valence-corrected chi connectivity index (χ1v) is 5.12. The summed E-state index contributed by atoms with van der Waals surface area (Å²) in [6.45, 7) is 3.49. The highest BCUT2D eigenvalue weighted by atomic mass is 19.4. The number of rotatable bonds is 1. The molecule has 2 rings (SSSR count). The molecule has 17 heavy (non-hydrogen) atoms. The van der Waals surface area contributed by atoms with Crippen molar-refractivity contribution in [2.45, 2.75) is 26.1 Å². The third-order valence-corrected chi connectivity index (χ3v) is 2.56. The fraction of sp³-hybridized carbons (Fsp3) is 0.364. The van der Waals surface area contributed by atoms with E-state index in [9.17, 15) is 18.0 Å². The van der Waals surface area contributed by atoms with E-state index in [0.717, 1.165) is 12.1 Å². The number of nitrogens with one attached hydrogen (secondary N) is 1. The molecule has 0 unspecified atom stereocenters. The summed E-state index contributed by atoms with van der Waals surface area (Å²) in [5.41, 5.74) is -0.454. The van der Waals surface area contributed by atoms with Crippen molar-refractivity contribution in [3.63, 3.8) is 0 Å². The molecule has 1 aromatic carbocycles. The third kappa shape index (κ3) is 1.94. The van der Waals surface area contributed by atoms with Gasteiger partial charge in [0, 0.05) is 6.04 Å². The van der Waals surface area contributed by atoms with Crippen LogP contribution in [0.15, 0.2) is 23.0 Å². The number of H-pyrrole nitrogens is 1. The quantitative estimate of drug-likeness (QED) is 0.822. The van der Waals surface area contributed by atoms with Crippen molar-refractivity contribution in [2.75, 3.05) is 0 Å². The summed E-state index contributed by atoms with van der Waals surface area (Å²) in [5, 5.41) is 0. The van der Waals surface area contributed by atoms with E-state index in [1.165, 1.54) is 10.6 Å². The van der Waals surface area contributed by atoms with Crippen molar-refractivity contribution in [1.29, 1.82) is 0 Å². The van der Waals surface area contributed by atoms with Gasteiger partial charge in [0.2, 0.25) is 0 Å². The van der Waals surface area contributed by atoms with Gasteiger partial charge in [0.25, 0.3) is 0 Å². The molecule has 6 heteroatoms. The molecule has 2 aromatic rings. The molecule has 0 saturated heterocycles. The monoisotopic (exact) mass is 244 g/mol. The number of hydrogen-bond donors (Lipinski definition) is 1. The second kappa shape index (κ2) is 3.65. The van der Waals surface area contributed by atoms with Gasteiger partial charge in [-0.2, -0.15) is 13.2 Å². The molecular weight excluding hydrogens is 233 g/mol. The Hall–Kier alpha value is -1.72. The zero-order valence-electron chi connectivity index (χ0n) is 9.30. The topological polar surface area (TPSA) is 37.8 Å². The minimum Gasteiger partial charge on any atom is -0.306 e. The number of aromatic amines is 1. The summed E-state index contributed by atoms with van der Waals surface area (Å²) in [7, 11) is 0. The lowest BCUT2D eigenvalue weighted by Gasteiger charge is -2.09. The van der Waals surface area contributed by atoms with Gasteiger partial charge in [-0.05, 0) is 32.0 Å². The molecule has 1 heterocycles. The van der Waals surface area contributed by atoms with Crippen molar-refractivity contribution in [3.05, 3.63) is 34.2 Å². The van der Waals surface area contributed by atoms with Crippen LogP contribution in [0, 0.1) is 0 Å². The molecule has 0 aliphatic rings. The zero-order valence-corrected chi connectivity index (χ0v) is 9.30. The van der Waals surface area contributed by atoms with Crippen molar-refractivity contribution < 1.29 is 13.2 Å². The van der Waals surface area contributed by atoms with Crippen LogP contribution in [0.3, 0.4) is 0 Å². The highest BCUT2D eigenvalue weighted by molar-refractivity contribution is 5.76. The highest BCUT2D eigenvalue weighted by Crippen LogP contribution is 2.31. The Morgan fingerprint density at radius 2 is 1.94 bits per heavy atom. The molecule has 92 valence electrons. The van der Waals surface area contributed by atoms with Crippen LogP contribution < -0.4 is 5.69 Å². The maximum atomic E-state index is 12.6. The van der Waals surface area contributed by atoms with Gasteiger partial charge in [0.15, 0.2) is 0 Å². The summed E-state index contributed by atoms with van der Waals surface area (Å²) >= 11 is 0. The largest absolute Gasteiger partial charge is 0.416 e. The molecule has 0 radical (unpaired) electrons. The third-order valence-electron chi connectivity index (χ3n) is 2.56. The second-order valence-corrected chi connectivity index (χ2v) is 4.12. The lowest BCUT2D eigenvalue weighted by atomic mass is 10.2. The molecule has 1 N–H and O–H groups in total. The smallest absolute Gasteiger partial charge is 0.306 e. The maximum absolute atomic E-state index is 12.6.